The van der Waals surface area contributed by atoms with Crippen molar-refractivity contribution in [3.8, 4) is 5.75 Å². The van der Waals surface area contributed by atoms with E-state index in [1.165, 1.54) is 6.07 Å². The van der Waals surface area contributed by atoms with Crippen LogP contribution in [0, 0.1) is 0 Å². The first-order valence-electron chi connectivity index (χ1n) is 7.14. The quantitative estimate of drug-likeness (QED) is 0.382. The Morgan fingerprint density at radius 3 is 2.52 bits per heavy atom. The molecule has 0 aliphatic rings. The number of nitrogens with two attached hydrogens (primary N) is 1. The normalized spacial score (nSPS) is 10.0. The Morgan fingerprint density at radius 1 is 1.09 bits per heavy atom. The van der Waals surface area contributed by atoms with Crippen molar-refractivity contribution in [3.05, 3.63) is 60.2 Å². The van der Waals surface area contributed by atoms with E-state index in [-0.39, 0.29) is 12.5 Å². The lowest BCUT2D eigenvalue weighted by molar-refractivity contribution is -0.145. The zero-order chi connectivity index (χ0) is 16.7. The van der Waals surface area contributed by atoms with Crippen molar-refractivity contribution in [3.63, 3.8) is 0 Å². The molecular weight excluding hydrogens is 296 g/mol. The van der Waals surface area contributed by atoms with Gasteiger partial charge in [-0.2, -0.15) is 0 Å². The summed E-state index contributed by atoms with van der Waals surface area (Å²) < 4.78 is 10.1. The number of para-hydroxylation sites is 1. The summed E-state index contributed by atoms with van der Waals surface area (Å²) in [5, 5.41) is 1.06. The fourth-order valence-electron chi connectivity index (χ4n) is 1.91. The van der Waals surface area contributed by atoms with Crippen LogP contribution in [-0.4, -0.2) is 25.1 Å². The fraction of sp³-hybridized carbons (Fsp3) is 0.176. The number of hydrogen-bond donors (Lipinski definition) is 1. The molecule has 6 heteroatoms. The zero-order valence-corrected chi connectivity index (χ0v) is 12.8. The predicted molar refractivity (Wildman–Crippen MR) is 86.0 cm³/mol. The average molecular weight is 314 g/mol. The molecule has 2 rings (SSSR count). The third kappa shape index (κ3) is 4.55. The highest BCUT2D eigenvalue weighted by atomic mass is 16.6. The minimum Gasteiger partial charge on any atom is -0.482 e. The van der Waals surface area contributed by atoms with Crippen LogP contribution in [0.25, 0.3) is 0 Å². The van der Waals surface area contributed by atoms with Crippen LogP contribution in [0.5, 0.6) is 5.75 Å². The average Bonchev–Trinajstić information content (AvgIpc) is 2.60. The summed E-state index contributed by atoms with van der Waals surface area (Å²) in [4.78, 5) is 23.7. The van der Waals surface area contributed by atoms with E-state index in [1.807, 2.05) is 6.07 Å². The molecule has 1 amide bonds. The van der Waals surface area contributed by atoms with Crippen molar-refractivity contribution < 1.29 is 19.1 Å². The molecule has 0 aromatic heterocycles. The maximum absolute atomic E-state index is 12.4. The van der Waals surface area contributed by atoms with Crippen LogP contribution >= 0.6 is 0 Å². The van der Waals surface area contributed by atoms with E-state index >= 15 is 0 Å². The summed E-state index contributed by atoms with van der Waals surface area (Å²) in [6.07, 6.45) is 0. The second-order valence-corrected chi connectivity index (χ2v) is 4.63. The van der Waals surface area contributed by atoms with E-state index < -0.39 is 5.97 Å². The zero-order valence-electron chi connectivity index (χ0n) is 12.8. The maximum Gasteiger partial charge on any atom is 0.344 e. The second kappa shape index (κ2) is 7.95. The molecule has 0 radical (unpaired) electrons. The second-order valence-electron chi connectivity index (χ2n) is 4.63. The number of rotatable bonds is 6. The summed E-state index contributed by atoms with van der Waals surface area (Å²) in [5.74, 6) is 5.40. The molecule has 0 aliphatic heterocycles. The third-order valence-corrected chi connectivity index (χ3v) is 3.00. The van der Waals surface area contributed by atoms with Crippen LogP contribution in [0.4, 0.5) is 5.69 Å². The van der Waals surface area contributed by atoms with Crippen LogP contribution in [0.1, 0.15) is 17.3 Å². The lowest BCUT2D eigenvalue weighted by atomic mass is 10.2. The Bertz CT molecular complexity index is 673. The Morgan fingerprint density at radius 2 is 1.83 bits per heavy atom. The number of esters is 1. The molecule has 120 valence electrons. The van der Waals surface area contributed by atoms with E-state index in [0.29, 0.717) is 23.6 Å². The molecule has 0 bridgehead atoms. The van der Waals surface area contributed by atoms with Crippen LogP contribution in [0.3, 0.4) is 0 Å². The van der Waals surface area contributed by atoms with Gasteiger partial charge in [0, 0.05) is 5.56 Å². The smallest absolute Gasteiger partial charge is 0.344 e. The van der Waals surface area contributed by atoms with Gasteiger partial charge in [0.2, 0.25) is 0 Å². The molecular formula is C17H18N2O4. The van der Waals surface area contributed by atoms with Crippen molar-refractivity contribution in [2.75, 3.05) is 18.2 Å². The van der Waals surface area contributed by atoms with Crippen molar-refractivity contribution in [2.24, 2.45) is 5.84 Å². The third-order valence-electron chi connectivity index (χ3n) is 3.00. The van der Waals surface area contributed by atoms with Gasteiger partial charge in [0.1, 0.15) is 5.75 Å². The van der Waals surface area contributed by atoms with Crippen LogP contribution in [0.15, 0.2) is 54.6 Å². The summed E-state index contributed by atoms with van der Waals surface area (Å²) in [6, 6.07) is 15.4. The molecule has 2 aromatic rings. The van der Waals surface area contributed by atoms with Crippen LogP contribution < -0.4 is 15.6 Å². The molecule has 0 aliphatic carbocycles. The summed E-state index contributed by atoms with van der Waals surface area (Å²) in [7, 11) is 0. The van der Waals surface area contributed by atoms with Crippen LogP contribution in [-0.2, 0) is 9.53 Å². The van der Waals surface area contributed by atoms with Gasteiger partial charge in [-0.3, -0.25) is 4.79 Å². The summed E-state index contributed by atoms with van der Waals surface area (Å²) >= 11 is 0. The summed E-state index contributed by atoms with van der Waals surface area (Å²) in [6.45, 7) is 1.80. The molecule has 0 saturated carbocycles. The van der Waals surface area contributed by atoms with Gasteiger partial charge < -0.3 is 9.47 Å². The Labute approximate surface area is 134 Å². The van der Waals surface area contributed by atoms with Gasteiger partial charge in [0.05, 0.1) is 12.3 Å². The molecule has 0 saturated heterocycles. The van der Waals surface area contributed by atoms with Crippen molar-refractivity contribution in [2.45, 2.75) is 6.92 Å². The van der Waals surface area contributed by atoms with E-state index in [2.05, 4.69) is 0 Å². The van der Waals surface area contributed by atoms with Gasteiger partial charge in [-0.05, 0) is 37.3 Å². The van der Waals surface area contributed by atoms with Gasteiger partial charge >= 0.3 is 5.97 Å². The number of carbonyl (C=O) groups excluding carboxylic acids is 2. The lowest BCUT2D eigenvalue weighted by Crippen LogP contribution is -2.37. The Kier molecular flexibility index (Phi) is 5.71. The number of anilines is 1. The van der Waals surface area contributed by atoms with E-state index in [0.717, 1.165) is 5.01 Å². The highest BCUT2D eigenvalue weighted by Crippen LogP contribution is 2.17. The fourth-order valence-corrected chi connectivity index (χ4v) is 1.91. The molecule has 2 N–H and O–H groups in total. The maximum atomic E-state index is 12.4. The van der Waals surface area contributed by atoms with Crippen molar-refractivity contribution in [1.82, 2.24) is 0 Å². The minimum atomic E-state index is -0.464. The number of benzene rings is 2. The number of amides is 1. The van der Waals surface area contributed by atoms with Gasteiger partial charge in [-0.15, -0.1) is 0 Å². The predicted octanol–water partition coefficient (Wildman–Crippen LogP) is 2.15. The molecule has 0 fully saturated rings. The largest absolute Gasteiger partial charge is 0.482 e. The molecule has 2 aromatic carbocycles. The standard InChI is InChI=1S/C17H18N2O4/c1-2-22-16(20)12-23-15-10-6-7-13(11-15)17(21)19(18)14-8-4-3-5-9-14/h3-11H,2,12,18H2,1H3. The summed E-state index contributed by atoms with van der Waals surface area (Å²) in [5.41, 5.74) is 0.938. The number of nitrogens with zero attached hydrogens (tertiary/aromatic N) is 1. The number of hydrogen-bond acceptors (Lipinski definition) is 5. The van der Waals surface area contributed by atoms with Crippen molar-refractivity contribution >= 4 is 17.6 Å². The number of ether oxygens (including phenoxy) is 2. The first-order valence-corrected chi connectivity index (χ1v) is 7.14. The molecule has 23 heavy (non-hydrogen) atoms. The lowest BCUT2D eigenvalue weighted by Gasteiger charge is -2.17. The first kappa shape index (κ1) is 16.5. The minimum absolute atomic E-state index is 0.212. The van der Waals surface area contributed by atoms with Crippen LogP contribution in [0.2, 0.25) is 0 Å². The molecule has 0 heterocycles. The SMILES string of the molecule is CCOC(=O)COc1cccc(C(=O)N(N)c2ccccc2)c1. The Hall–Kier alpha value is -2.86. The molecule has 6 nitrogen and oxygen atoms in total. The Balaban J connectivity index is 2.07. The van der Waals surface area contributed by atoms with Gasteiger partial charge in [-0.25, -0.2) is 15.6 Å². The molecule has 0 spiro atoms. The molecule has 0 atom stereocenters. The highest BCUT2D eigenvalue weighted by Gasteiger charge is 2.15. The highest BCUT2D eigenvalue weighted by molar-refractivity contribution is 6.05. The first-order chi connectivity index (χ1) is 11.1. The van der Waals surface area contributed by atoms with Gasteiger partial charge in [0.15, 0.2) is 6.61 Å². The van der Waals surface area contributed by atoms with Gasteiger partial charge in [0.25, 0.3) is 5.91 Å². The van der Waals surface area contributed by atoms with Gasteiger partial charge in [-0.1, -0.05) is 24.3 Å². The topological polar surface area (TPSA) is 81.9 Å². The monoisotopic (exact) mass is 314 g/mol. The number of hydrazine groups is 1. The molecule has 0 unspecified atom stereocenters. The van der Waals surface area contributed by atoms with E-state index in [9.17, 15) is 9.59 Å². The number of carbonyl (C=O) groups is 2. The van der Waals surface area contributed by atoms with E-state index in [4.69, 9.17) is 15.3 Å². The van der Waals surface area contributed by atoms with Crippen molar-refractivity contribution in [1.29, 1.82) is 0 Å². The van der Waals surface area contributed by atoms with E-state index in [1.54, 1.807) is 49.4 Å².